The molecule has 6 heteroatoms. The number of furan rings is 1. The largest absolute Gasteiger partial charge is 0.469 e. The van der Waals surface area contributed by atoms with Crippen molar-refractivity contribution in [1.29, 1.82) is 0 Å². The van der Waals surface area contributed by atoms with Gasteiger partial charge in [-0.25, -0.2) is 0 Å². The number of thioether (sulfide) groups is 1. The van der Waals surface area contributed by atoms with Gasteiger partial charge < -0.3 is 19.8 Å². The number of nitrogens with zero attached hydrogens (tertiary/aromatic N) is 1. The molecular weight excluding hydrogens is 334 g/mol. The first-order valence-electron chi connectivity index (χ1n) is 9.59. The van der Waals surface area contributed by atoms with Gasteiger partial charge in [0.25, 0.3) is 0 Å². The van der Waals surface area contributed by atoms with Crippen molar-refractivity contribution < 1.29 is 9.15 Å². The van der Waals surface area contributed by atoms with Crippen molar-refractivity contribution in [2.75, 3.05) is 31.2 Å². The zero-order valence-corrected chi connectivity index (χ0v) is 16.1. The molecule has 3 rings (SSSR count). The van der Waals surface area contributed by atoms with Gasteiger partial charge in [-0.3, -0.25) is 4.99 Å². The summed E-state index contributed by atoms with van der Waals surface area (Å²) in [6.45, 7) is 4.76. The normalized spacial score (nSPS) is 26.9. The molecule has 1 aromatic heterocycles. The van der Waals surface area contributed by atoms with Gasteiger partial charge in [0.1, 0.15) is 5.76 Å². The summed E-state index contributed by atoms with van der Waals surface area (Å²) in [5, 5.41) is 7.14. The summed E-state index contributed by atoms with van der Waals surface area (Å²) in [4.78, 5) is 4.76. The van der Waals surface area contributed by atoms with Gasteiger partial charge in [0, 0.05) is 37.9 Å². The van der Waals surface area contributed by atoms with E-state index < -0.39 is 0 Å². The van der Waals surface area contributed by atoms with Crippen LogP contribution in [0.4, 0.5) is 0 Å². The number of ether oxygens (including phenoxy) is 1. The molecule has 2 atom stereocenters. The van der Waals surface area contributed by atoms with E-state index in [1.807, 2.05) is 23.9 Å². The van der Waals surface area contributed by atoms with Crippen LogP contribution in [0.1, 0.15) is 44.8 Å². The van der Waals surface area contributed by atoms with Gasteiger partial charge in [0.05, 0.1) is 11.9 Å². The number of hydrogen-bond acceptors (Lipinski definition) is 4. The summed E-state index contributed by atoms with van der Waals surface area (Å²) in [7, 11) is 0. The Labute approximate surface area is 155 Å². The van der Waals surface area contributed by atoms with Gasteiger partial charge in [0.15, 0.2) is 5.96 Å². The Kier molecular flexibility index (Phi) is 7.11. The summed E-state index contributed by atoms with van der Waals surface area (Å²) in [5.74, 6) is 4.31. The summed E-state index contributed by atoms with van der Waals surface area (Å²) in [5.41, 5.74) is 0.100. The van der Waals surface area contributed by atoms with Crippen LogP contribution in [0.3, 0.4) is 0 Å². The Bertz CT molecular complexity index is 527. The minimum atomic E-state index is 0.100. The van der Waals surface area contributed by atoms with E-state index in [4.69, 9.17) is 14.1 Å². The molecule has 2 fully saturated rings. The van der Waals surface area contributed by atoms with Gasteiger partial charge in [-0.15, -0.1) is 0 Å². The third kappa shape index (κ3) is 5.68. The van der Waals surface area contributed by atoms with Crippen LogP contribution in [0.25, 0.3) is 0 Å². The average molecular weight is 366 g/mol. The third-order valence-corrected chi connectivity index (χ3v) is 6.15. The Hall–Kier alpha value is -1.14. The fourth-order valence-corrected chi connectivity index (χ4v) is 4.85. The first kappa shape index (κ1) is 18.6. The SMILES string of the molecule is CCCCN=C(NCCc1ccco1)NC1CCOC2(CCSC2)C1. The van der Waals surface area contributed by atoms with Crippen LogP contribution in [0, 0.1) is 0 Å². The second-order valence-corrected chi connectivity index (χ2v) is 8.11. The smallest absolute Gasteiger partial charge is 0.191 e. The minimum Gasteiger partial charge on any atom is -0.469 e. The molecule has 2 N–H and O–H groups in total. The van der Waals surface area contributed by atoms with E-state index in [0.29, 0.717) is 6.04 Å². The maximum absolute atomic E-state index is 6.13. The highest BCUT2D eigenvalue weighted by atomic mass is 32.2. The van der Waals surface area contributed by atoms with Crippen molar-refractivity contribution >= 4 is 17.7 Å². The van der Waals surface area contributed by atoms with Crippen LogP contribution in [0.2, 0.25) is 0 Å². The molecule has 140 valence electrons. The first-order valence-corrected chi connectivity index (χ1v) is 10.7. The molecule has 0 bridgehead atoms. The van der Waals surface area contributed by atoms with E-state index in [2.05, 4.69) is 17.6 Å². The highest BCUT2D eigenvalue weighted by Crippen LogP contribution is 2.38. The molecule has 0 amide bonds. The van der Waals surface area contributed by atoms with Gasteiger partial charge in [-0.2, -0.15) is 11.8 Å². The van der Waals surface area contributed by atoms with Gasteiger partial charge >= 0.3 is 0 Å². The monoisotopic (exact) mass is 365 g/mol. The van der Waals surface area contributed by atoms with Crippen molar-refractivity contribution in [3.63, 3.8) is 0 Å². The number of hydrogen-bond donors (Lipinski definition) is 2. The Morgan fingerprint density at radius 2 is 2.44 bits per heavy atom. The molecule has 0 aliphatic carbocycles. The molecule has 5 nitrogen and oxygen atoms in total. The molecule has 2 unspecified atom stereocenters. The van der Waals surface area contributed by atoms with Crippen molar-refractivity contribution in [2.24, 2.45) is 4.99 Å². The summed E-state index contributed by atoms with van der Waals surface area (Å²) in [6.07, 6.45) is 8.22. The van der Waals surface area contributed by atoms with Crippen LogP contribution < -0.4 is 10.6 Å². The summed E-state index contributed by atoms with van der Waals surface area (Å²) < 4.78 is 11.5. The number of guanidine groups is 1. The Morgan fingerprint density at radius 1 is 1.48 bits per heavy atom. The fourth-order valence-electron chi connectivity index (χ4n) is 3.47. The first-order chi connectivity index (χ1) is 12.3. The molecular formula is C19H31N3O2S. The molecule has 25 heavy (non-hydrogen) atoms. The van der Waals surface area contributed by atoms with E-state index in [-0.39, 0.29) is 5.60 Å². The summed E-state index contributed by atoms with van der Waals surface area (Å²) in [6, 6.07) is 4.40. The minimum absolute atomic E-state index is 0.100. The second-order valence-electron chi connectivity index (χ2n) is 7.01. The van der Waals surface area contributed by atoms with E-state index >= 15 is 0 Å². The van der Waals surface area contributed by atoms with E-state index in [0.717, 1.165) is 62.9 Å². The van der Waals surface area contributed by atoms with Crippen molar-refractivity contribution in [1.82, 2.24) is 10.6 Å². The fraction of sp³-hybridized carbons (Fsp3) is 0.737. The zero-order chi connectivity index (χ0) is 17.4. The molecule has 2 aliphatic heterocycles. The van der Waals surface area contributed by atoms with Crippen LogP contribution in [0.5, 0.6) is 0 Å². The van der Waals surface area contributed by atoms with Crippen LogP contribution >= 0.6 is 11.8 Å². The van der Waals surface area contributed by atoms with Crippen molar-refractivity contribution in [2.45, 2.75) is 57.1 Å². The van der Waals surface area contributed by atoms with Crippen LogP contribution in [0.15, 0.2) is 27.8 Å². The van der Waals surface area contributed by atoms with Gasteiger partial charge in [-0.1, -0.05) is 13.3 Å². The molecule has 3 heterocycles. The molecule has 1 aromatic rings. The molecule has 0 aromatic carbocycles. The van der Waals surface area contributed by atoms with Crippen molar-refractivity contribution in [3.8, 4) is 0 Å². The second kappa shape index (κ2) is 9.53. The van der Waals surface area contributed by atoms with Gasteiger partial charge in [0.2, 0.25) is 0 Å². The molecule has 2 aliphatic rings. The Morgan fingerprint density at radius 3 is 3.20 bits per heavy atom. The van der Waals surface area contributed by atoms with E-state index in [1.165, 1.54) is 18.6 Å². The third-order valence-electron chi connectivity index (χ3n) is 4.93. The molecule has 2 saturated heterocycles. The summed E-state index contributed by atoms with van der Waals surface area (Å²) >= 11 is 2.02. The standard InChI is InChI=1S/C19H31N3O2S/c1-2-3-9-20-18(21-10-6-17-5-4-11-23-17)22-16-7-12-24-19(14-16)8-13-25-15-19/h4-5,11,16H,2-3,6-10,12-15H2,1H3,(H2,20,21,22). The lowest BCUT2D eigenvalue weighted by atomic mass is 9.90. The van der Waals surface area contributed by atoms with Crippen LogP contribution in [-0.2, 0) is 11.2 Å². The van der Waals surface area contributed by atoms with E-state index in [1.54, 1.807) is 6.26 Å². The predicted molar refractivity (Wildman–Crippen MR) is 104 cm³/mol. The molecule has 0 radical (unpaired) electrons. The highest BCUT2D eigenvalue weighted by Gasteiger charge is 2.40. The number of nitrogens with one attached hydrogen (secondary N) is 2. The zero-order valence-electron chi connectivity index (χ0n) is 15.3. The maximum atomic E-state index is 6.13. The Balaban J connectivity index is 1.52. The number of rotatable bonds is 7. The average Bonchev–Trinajstić information content (AvgIpc) is 3.28. The lowest BCUT2D eigenvalue weighted by Crippen LogP contribution is -2.51. The topological polar surface area (TPSA) is 58.8 Å². The quantitative estimate of drug-likeness (QED) is 0.441. The molecule has 0 saturated carbocycles. The lowest BCUT2D eigenvalue weighted by molar-refractivity contribution is -0.0679. The van der Waals surface area contributed by atoms with Crippen LogP contribution in [-0.4, -0.2) is 48.8 Å². The highest BCUT2D eigenvalue weighted by molar-refractivity contribution is 7.99. The van der Waals surface area contributed by atoms with Crippen molar-refractivity contribution in [3.05, 3.63) is 24.2 Å². The predicted octanol–water partition coefficient (Wildman–Crippen LogP) is 3.21. The van der Waals surface area contributed by atoms with Gasteiger partial charge in [-0.05, 0) is 43.6 Å². The van der Waals surface area contributed by atoms with E-state index in [9.17, 15) is 0 Å². The lowest BCUT2D eigenvalue weighted by Gasteiger charge is -2.38. The maximum Gasteiger partial charge on any atom is 0.191 e. The number of aliphatic imine (C=N–C) groups is 1. The number of unbranched alkanes of at least 4 members (excludes halogenated alkanes) is 1. The molecule has 1 spiro atoms.